The van der Waals surface area contributed by atoms with Crippen molar-refractivity contribution in [3.8, 4) is 0 Å². The highest BCUT2D eigenvalue weighted by Crippen LogP contribution is 2.34. The zero-order valence-electron chi connectivity index (χ0n) is 21.0. The Morgan fingerprint density at radius 3 is 2.83 bits per heavy atom. The molecule has 1 saturated heterocycles. The van der Waals surface area contributed by atoms with Crippen LogP contribution in [0.2, 0.25) is 25.7 Å². The lowest BCUT2D eigenvalue weighted by atomic mass is 10.1. The number of fused-ring (bicyclic) bond motifs is 1. The molecule has 0 aromatic carbocycles. The molecule has 8 nitrogen and oxygen atoms in total. The quantitative estimate of drug-likeness (QED) is 0.310. The largest absolute Gasteiger partial charge is 0.379 e. The van der Waals surface area contributed by atoms with Crippen LogP contribution in [-0.2, 0) is 16.2 Å². The molecule has 3 aromatic rings. The van der Waals surface area contributed by atoms with Gasteiger partial charge in [0, 0.05) is 27.2 Å². The van der Waals surface area contributed by atoms with Gasteiger partial charge in [0.15, 0.2) is 5.82 Å². The van der Waals surface area contributed by atoms with E-state index in [1.165, 1.54) is 30.7 Å². The van der Waals surface area contributed by atoms with Gasteiger partial charge in [-0.1, -0.05) is 43.8 Å². The van der Waals surface area contributed by atoms with Crippen LogP contribution in [0.1, 0.15) is 43.0 Å². The van der Waals surface area contributed by atoms with Gasteiger partial charge in [0.2, 0.25) is 4.80 Å². The molecule has 1 saturated carbocycles. The number of ether oxygens (including phenoxy) is 2. The summed E-state index contributed by atoms with van der Waals surface area (Å²) >= 11 is 1.68. The lowest BCUT2D eigenvalue weighted by Gasteiger charge is -2.15. The van der Waals surface area contributed by atoms with E-state index in [1.54, 1.807) is 11.3 Å². The van der Waals surface area contributed by atoms with E-state index in [9.17, 15) is 0 Å². The molecule has 0 amide bonds. The third-order valence-electron chi connectivity index (χ3n) is 6.58. The van der Waals surface area contributed by atoms with Crippen LogP contribution in [0.5, 0.6) is 0 Å². The van der Waals surface area contributed by atoms with Crippen LogP contribution in [0.25, 0.3) is 11.0 Å². The van der Waals surface area contributed by atoms with E-state index in [-0.39, 0.29) is 0 Å². The summed E-state index contributed by atoms with van der Waals surface area (Å²) in [5.74, 6) is 1.21. The maximum Gasteiger partial charge on any atom is 0.211 e. The molecular formula is C25H36N6O2SSi. The molecule has 2 fully saturated rings. The molecule has 2 aliphatic rings. The molecule has 35 heavy (non-hydrogen) atoms. The number of hydrogen-bond donors (Lipinski definition) is 1. The summed E-state index contributed by atoms with van der Waals surface area (Å²) < 4.78 is 13.4. The highest BCUT2D eigenvalue weighted by molar-refractivity contribution is 7.08. The number of aromatic nitrogens is 4. The lowest BCUT2D eigenvalue weighted by Crippen LogP contribution is -2.24. The Morgan fingerprint density at radius 1 is 1.20 bits per heavy atom. The maximum atomic E-state index is 6.03. The lowest BCUT2D eigenvalue weighted by molar-refractivity contribution is 0.0757. The molecule has 5 rings (SSSR count). The van der Waals surface area contributed by atoms with Crippen molar-refractivity contribution in [3.63, 3.8) is 0 Å². The molecule has 0 bridgehead atoms. The van der Waals surface area contributed by atoms with Crippen molar-refractivity contribution in [1.29, 1.82) is 0 Å². The maximum absolute atomic E-state index is 6.03. The van der Waals surface area contributed by atoms with E-state index in [4.69, 9.17) is 24.5 Å². The van der Waals surface area contributed by atoms with Crippen LogP contribution < -0.4 is 10.1 Å². The minimum Gasteiger partial charge on any atom is -0.379 e. The molecule has 1 N–H and O–H groups in total. The van der Waals surface area contributed by atoms with Crippen LogP contribution in [-0.4, -0.2) is 53.7 Å². The predicted octanol–water partition coefficient (Wildman–Crippen LogP) is 5.29. The third kappa shape index (κ3) is 6.55. The summed E-state index contributed by atoms with van der Waals surface area (Å²) in [6, 6.07) is 7.43. The van der Waals surface area contributed by atoms with Gasteiger partial charge in [0.25, 0.3) is 0 Å². The van der Waals surface area contributed by atoms with Crippen LogP contribution >= 0.6 is 11.3 Å². The first-order valence-corrected chi connectivity index (χ1v) is 17.3. The number of nitrogens with zero attached hydrogens (tertiary/aromatic N) is 5. The van der Waals surface area contributed by atoms with Gasteiger partial charge in [0.05, 0.1) is 35.6 Å². The van der Waals surface area contributed by atoms with Gasteiger partial charge in [-0.15, -0.1) is 0 Å². The average Bonchev–Trinajstić information content (AvgIpc) is 3.59. The van der Waals surface area contributed by atoms with E-state index in [0.29, 0.717) is 24.5 Å². The van der Waals surface area contributed by atoms with Gasteiger partial charge in [-0.3, -0.25) is 4.98 Å². The number of nitrogens with one attached hydrogen (secondary N) is 1. The number of anilines is 1. The fourth-order valence-corrected chi connectivity index (χ4v) is 6.30. The molecule has 0 spiro atoms. The number of rotatable bonds is 9. The minimum atomic E-state index is -1.13. The monoisotopic (exact) mass is 512 g/mol. The predicted molar refractivity (Wildman–Crippen MR) is 143 cm³/mol. The average molecular weight is 513 g/mol. The summed E-state index contributed by atoms with van der Waals surface area (Å²) in [4.78, 5) is 15.1. The van der Waals surface area contributed by atoms with Gasteiger partial charge in [-0.2, -0.15) is 10.1 Å². The molecule has 188 valence electrons. The highest BCUT2D eigenvalue weighted by Gasteiger charge is 2.22. The van der Waals surface area contributed by atoms with Crippen LogP contribution in [0.4, 0.5) is 11.5 Å². The molecule has 10 heteroatoms. The second kappa shape index (κ2) is 10.9. The molecule has 1 atom stereocenters. The Balaban J connectivity index is 1.40. The van der Waals surface area contributed by atoms with Crippen molar-refractivity contribution in [2.45, 2.75) is 76.5 Å². The Bertz CT molecular complexity index is 1210. The first-order chi connectivity index (χ1) is 16.9. The second-order valence-electron chi connectivity index (χ2n) is 10.8. The van der Waals surface area contributed by atoms with E-state index >= 15 is 0 Å². The molecule has 1 unspecified atom stereocenters. The van der Waals surface area contributed by atoms with Crippen LogP contribution in [0.3, 0.4) is 0 Å². The SMILES string of the molecule is C[Si](C)(C)CCOCn1nc(C2CCCC2)s/c1=N\c1ccc2ncc(NC3CCOC3)cc2n1. The van der Waals surface area contributed by atoms with Crippen molar-refractivity contribution < 1.29 is 9.47 Å². The Labute approximate surface area is 211 Å². The fraction of sp³-hybridized carbons (Fsp3) is 0.600. The highest BCUT2D eigenvalue weighted by atomic mass is 32.1. The van der Waals surface area contributed by atoms with E-state index < -0.39 is 8.07 Å². The summed E-state index contributed by atoms with van der Waals surface area (Å²) in [6.07, 6.45) is 7.87. The summed E-state index contributed by atoms with van der Waals surface area (Å²) in [5, 5.41) is 9.59. The number of hydrogen-bond acceptors (Lipinski definition) is 8. The molecule has 1 aliphatic heterocycles. The molecule has 1 aliphatic carbocycles. The summed E-state index contributed by atoms with van der Waals surface area (Å²) in [6.45, 7) is 9.84. The van der Waals surface area contributed by atoms with Crippen molar-refractivity contribution in [2.75, 3.05) is 25.1 Å². The third-order valence-corrected chi connectivity index (χ3v) is 9.40. The van der Waals surface area contributed by atoms with E-state index in [1.807, 2.05) is 29.1 Å². The van der Waals surface area contributed by atoms with Gasteiger partial charge in [0.1, 0.15) is 11.7 Å². The summed E-state index contributed by atoms with van der Waals surface area (Å²) in [7, 11) is -1.13. The van der Waals surface area contributed by atoms with Gasteiger partial charge in [-0.25, -0.2) is 9.67 Å². The molecule has 0 radical (unpaired) electrons. The zero-order valence-corrected chi connectivity index (χ0v) is 22.8. The van der Waals surface area contributed by atoms with Crippen LogP contribution in [0.15, 0.2) is 29.4 Å². The van der Waals surface area contributed by atoms with Gasteiger partial charge in [-0.05, 0) is 43.5 Å². The minimum absolute atomic E-state index is 0.327. The Hall–Kier alpha value is -2.14. The smallest absolute Gasteiger partial charge is 0.211 e. The first-order valence-electron chi connectivity index (χ1n) is 12.7. The zero-order chi connectivity index (χ0) is 24.3. The Morgan fingerprint density at radius 2 is 2.06 bits per heavy atom. The van der Waals surface area contributed by atoms with Crippen molar-refractivity contribution in [2.24, 2.45) is 4.99 Å². The van der Waals surface area contributed by atoms with Crippen molar-refractivity contribution in [1.82, 2.24) is 19.7 Å². The fourth-order valence-electron chi connectivity index (χ4n) is 4.48. The van der Waals surface area contributed by atoms with Crippen LogP contribution in [0, 0.1) is 0 Å². The molecule has 4 heterocycles. The van der Waals surface area contributed by atoms with Gasteiger partial charge < -0.3 is 14.8 Å². The normalized spacial score (nSPS) is 19.7. The van der Waals surface area contributed by atoms with Crippen molar-refractivity contribution in [3.05, 3.63) is 34.2 Å². The van der Waals surface area contributed by atoms with E-state index in [2.05, 4.69) is 29.9 Å². The molecule has 3 aromatic heterocycles. The number of pyridine rings is 2. The first kappa shape index (κ1) is 24.5. The second-order valence-corrected chi connectivity index (χ2v) is 17.4. The summed E-state index contributed by atoms with van der Waals surface area (Å²) in [5.41, 5.74) is 2.65. The molecular weight excluding hydrogens is 476 g/mol. The van der Waals surface area contributed by atoms with Gasteiger partial charge >= 0.3 is 0 Å². The van der Waals surface area contributed by atoms with Crippen molar-refractivity contribution >= 4 is 41.9 Å². The van der Waals surface area contributed by atoms with E-state index in [0.717, 1.165) is 53.8 Å². The Kier molecular flexibility index (Phi) is 7.61. The standard InChI is InChI=1S/C25H36N6O2SSi/c1-35(2,3)13-12-33-17-31-25(34-24(30-31)18-6-4-5-7-18)29-23-9-8-21-22(28-23)14-20(15-26-21)27-19-10-11-32-16-19/h8-9,14-15,18-19,27H,4-7,10-13,16-17H2,1-3H3/b29-25-. The topological polar surface area (TPSA) is 86.5 Å².